The summed E-state index contributed by atoms with van der Waals surface area (Å²) in [5.74, 6) is 0.637. The first-order valence-corrected chi connectivity index (χ1v) is 8.79. The van der Waals surface area contributed by atoms with Crippen LogP contribution >= 0.6 is 47.0 Å². The van der Waals surface area contributed by atoms with E-state index in [1.54, 1.807) is 59.4 Å². The Labute approximate surface area is 117 Å². The van der Waals surface area contributed by atoms with Gasteiger partial charge in [0.1, 0.15) is 5.76 Å². The fourth-order valence-electron chi connectivity index (χ4n) is 1.27. The highest BCUT2D eigenvalue weighted by Crippen LogP contribution is 2.57. The van der Waals surface area contributed by atoms with Gasteiger partial charge in [-0.25, -0.2) is 0 Å². The molecule has 17 heavy (non-hydrogen) atoms. The van der Waals surface area contributed by atoms with Crippen molar-refractivity contribution in [2.24, 2.45) is 0 Å². The third kappa shape index (κ3) is 2.81. The van der Waals surface area contributed by atoms with Crippen molar-refractivity contribution < 1.29 is 9.21 Å². The highest BCUT2D eigenvalue weighted by molar-refractivity contribution is 8.40. The van der Waals surface area contributed by atoms with Gasteiger partial charge in [-0.2, -0.15) is 0 Å². The van der Waals surface area contributed by atoms with Crippen LogP contribution in [0, 0.1) is 0 Å². The van der Waals surface area contributed by atoms with E-state index in [1.807, 2.05) is 6.07 Å². The molecule has 1 aromatic rings. The summed E-state index contributed by atoms with van der Waals surface area (Å²) in [7, 11) is 0. The Kier molecular flexibility index (Phi) is 4.78. The zero-order chi connectivity index (χ0) is 12.3. The lowest BCUT2D eigenvalue weighted by Gasteiger charge is -2.00. The van der Waals surface area contributed by atoms with Crippen LogP contribution < -0.4 is 0 Å². The minimum Gasteiger partial charge on any atom is -0.464 e. The molecule has 0 fully saturated rings. The summed E-state index contributed by atoms with van der Waals surface area (Å²) in [6.07, 6.45) is 6.56. The normalized spacial score (nSPS) is 15.5. The van der Waals surface area contributed by atoms with E-state index < -0.39 is 0 Å². The maximum absolute atomic E-state index is 11.2. The lowest BCUT2D eigenvalue weighted by Crippen LogP contribution is -1.84. The Bertz CT molecular complexity index is 456. The number of hydrogen-bond acceptors (Lipinski definition) is 6. The van der Waals surface area contributed by atoms with Crippen molar-refractivity contribution in [3.8, 4) is 0 Å². The molecule has 2 nitrogen and oxygen atoms in total. The molecular weight excluding hydrogens is 292 g/mol. The highest BCUT2D eigenvalue weighted by atomic mass is 32.3. The zero-order valence-electron chi connectivity index (χ0n) is 9.26. The Balaban J connectivity index is 2.33. The van der Waals surface area contributed by atoms with Crippen LogP contribution in [0.2, 0.25) is 0 Å². The number of aldehydes is 1. The van der Waals surface area contributed by atoms with Crippen LogP contribution in [-0.2, 0) is 4.79 Å². The van der Waals surface area contributed by atoms with Crippen LogP contribution in [0.25, 0.3) is 5.57 Å². The van der Waals surface area contributed by atoms with Gasteiger partial charge in [0.15, 0.2) is 6.29 Å². The maximum atomic E-state index is 11.2. The first-order valence-electron chi connectivity index (χ1n) is 4.71. The predicted molar refractivity (Wildman–Crippen MR) is 80.9 cm³/mol. The third-order valence-electron chi connectivity index (χ3n) is 2.03. The van der Waals surface area contributed by atoms with Crippen LogP contribution in [0.1, 0.15) is 5.76 Å². The molecule has 0 saturated carbocycles. The third-order valence-corrected chi connectivity index (χ3v) is 7.29. The lowest BCUT2D eigenvalue weighted by atomic mass is 10.2. The number of allylic oxidation sites excluding steroid dienone is 1. The average Bonchev–Trinajstić information content (AvgIpc) is 2.99. The average molecular weight is 302 g/mol. The highest BCUT2D eigenvalue weighted by Gasteiger charge is 2.24. The fraction of sp³-hybridized carbons (Fsp3) is 0.182. The zero-order valence-corrected chi connectivity index (χ0v) is 12.5. The van der Waals surface area contributed by atoms with E-state index in [2.05, 4.69) is 12.5 Å². The molecule has 0 unspecified atom stereocenters. The van der Waals surface area contributed by atoms with Crippen LogP contribution in [0.4, 0.5) is 0 Å². The molecule has 1 aliphatic rings. The quantitative estimate of drug-likeness (QED) is 0.602. The second-order valence-electron chi connectivity index (χ2n) is 2.98. The number of hydrogen-bond donors (Lipinski definition) is 0. The summed E-state index contributed by atoms with van der Waals surface area (Å²) in [5, 5.41) is 0. The van der Waals surface area contributed by atoms with Crippen molar-refractivity contribution in [2.45, 2.75) is 0 Å². The summed E-state index contributed by atoms with van der Waals surface area (Å²) in [4.78, 5) is 11.2. The van der Waals surface area contributed by atoms with Crippen molar-refractivity contribution in [1.82, 2.24) is 0 Å². The van der Waals surface area contributed by atoms with E-state index in [0.29, 0.717) is 11.3 Å². The van der Waals surface area contributed by atoms with Crippen molar-refractivity contribution in [2.75, 3.05) is 12.5 Å². The largest absolute Gasteiger partial charge is 0.464 e. The smallest absolute Gasteiger partial charge is 0.155 e. The topological polar surface area (TPSA) is 30.2 Å². The standard InChI is InChI=1S/C11H10O2S4/c1-14-10-11(15-2)17-9(16-10)7(6-12)8-4-3-5-13-8/h3-6H,1-2H3. The summed E-state index contributed by atoms with van der Waals surface area (Å²) < 4.78 is 8.80. The van der Waals surface area contributed by atoms with Crippen molar-refractivity contribution in [1.29, 1.82) is 0 Å². The van der Waals surface area contributed by atoms with Gasteiger partial charge in [0, 0.05) is 0 Å². The number of carbonyl (C=O) groups excluding carboxylic acids is 1. The van der Waals surface area contributed by atoms with Gasteiger partial charge in [-0.15, -0.1) is 23.5 Å². The number of thioether (sulfide) groups is 4. The number of furan rings is 1. The first kappa shape index (κ1) is 13.3. The molecule has 2 rings (SSSR count). The molecule has 0 aromatic carbocycles. The molecule has 0 spiro atoms. The Hall–Kier alpha value is -0.170. The molecule has 0 saturated heterocycles. The van der Waals surface area contributed by atoms with Gasteiger partial charge in [-0.05, 0) is 24.6 Å². The molecule has 0 aliphatic carbocycles. The molecule has 1 aliphatic heterocycles. The van der Waals surface area contributed by atoms with Gasteiger partial charge in [0.25, 0.3) is 0 Å². The minimum atomic E-state index is 0.637. The SMILES string of the molecule is CSC1=C(SC)SC(=C(C=O)c2ccco2)S1. The molecule has 1 aromatic heterocycles. The molecule has 0 radical (unpaired) electrons. The molecule has 0 atom stereocenters. The van der Waals surface area contributed by atoms with Gasteiger partial charge in [-0.3, -0.25) is 4.79 Å². The van der Waals surface area contributed by atoms with Crippen molar-refractivity contribution >= 4 is 58.9 Å². The summed E-state index contributed by atoms with van der Waals surface area (Å²) in [6, 6.07) is 3.61. The summed E-state index contributed by atoms with van der Waals surface area (Å²) >= 11 is 6.72. The second kappa shape index (κ2) is 6.13. The molecular formula is C11H10O2S4. The molecule has 90 valence electrons. The number of carbonyl (C=O) groups is 1. The second-order valence-corrected chi connectivity index (χ2v) is 7.43. The minimum absolute atomic E-state index is 0.637. The Morgan fingerprint density at radius 2 is 1.94 bits per heavy atom. The van der Waals surface area contributed by atoms with Crippen LogP contribution in [0.15, 0.2) is 35.5 Å². The van der Waals surface area contributed by atoms with Crippen molar-refractivity contribution in [3.05, 3.63) is 36.9 Å². The van der Waals surface area contributed by atoms with Crippen LogP contribution in [0.3, 0.4) is 0 Å². The van der Waals surface area contributed by atoms with Gasteiger partial charge in [0.2, 0.25) is 0 Å². The monoisotopic (exact) mass is 302 g/mol. The van der Waals surface area contributed by atoms with Gasteiger partial charge in [0.05, 0.1) is 24.5 Å². The van der Waals surface area contributed by atoms with E-state index >= 15 is 0 Å². The van der Waals surface area contributed by atoms with Crippen molar-refractivity contribution in [3.63, 3.8) is 0 Å². The predicted octanol–water partition coefficient (Wildman–Crippen LogP) is 4.48. The Morgan fingerprint density at radius 3 is 2.35 bits per heavy atom. The van der Waals surface area contributed by atoms with Gasteiger partial charge >= 0.3 is 0 Å². The maximum Gasteiger partial charge on any atom is 0.155 e. The summed E-state index contributed by atoms with van der Waals surface area (Å²) in [5.41, 5.74) is 0.639. The van der Waals surface area contributed by atoms with E-state index in [-0.39, 0.29) is 0 Å². The van der Waals surface area contributed by atoms with Gasteiger partial charge < -0.3 is 4.42 Å². The van der Waals surface area contributed by atoms with E-state index in [0.717, 1.165) is 10.5 Å². The van der Waals surface area contributed by atoms with Crippen LogP contribution in [0.5, 0.6) is 0 Å². The lowest BCUT2D eigenvalue weighted by molar-refractivity contribution is -0.103. The fourth-order valence-corrected chi connectivity index (χ4v) is 6.28. The van der Waals surface area contributed by atoms with E-state index in [4.69, 9.17) is 4.42 Å². The van der Waals surface area contributed by atoms with Crippen LogP contribution in [-0.4, -0.2) is 18.8 Å². The van der Waals surface area contributed by atoms with E-state index in [9.17, 15) is 4.79 Å². The Morgan fingerprint density at radius 1 is 1.29 bits per heavy atom. The molecule has 2 heterocycles. The number of rotatable bonds is 4. The molecule has 0 amide bonds. The molecule has 6 heteroatoms. The van der Waals surface area contributed by atoms with E-state index in [1.165, 1.54) is 8.47 Å². The first-order chi connectivity index (χ1) is 8.30. The molecule has 0 bridgehead atoms. The molecule has 0 N–H and O–H groups in total. The summed E-state index contributed by atoms with van der Waals surface area (Å²) in [6.45, 7) is 0. The van der Waals surface area contributed by atoms with Gasteiger partial charge in [-0.1, -0.05) is 23.5 Å².